The van der Waals surface area contributed by atoms with E-state index in [0.717, 1.165) is 134 Å². The van der Waals surface area contributed by atoms with Crippen LogP contribution in [0.3, 0.4) is 0 Å². The summed E-state index contributed by atoms with van der Waals surface area (Å²) in [6, 6.07) is 21.8. The number of nitrogens with zero attached hydrogens (tertiary/aromatic N) is 7. The Morgan fingerprint density at radius 1 is 0.875 bits per heavy atom. The largest absolute Gasteiger partial charge is 0.496 e. The molecule has 5 aromatic rings. The first-order valence-corrected chi connectivity index (χ1v) is 32.5. The highest BCUT2D eigenvalue weighted by Gasteiger charge is 2.44. The number of hydrogen-bond acceptors (Lipinski definition) is 13. The second-order valence-corrected chi connectivity index (χ2v) is 28.0. The van der Waals surface area contributed by atoms with Crippen LogP contribution in [0.25, 0.3) is 10.4 Å². The SMILES string of the molecule is COc1cc(N2CCC(N3CCN(C(=O)CCCCCCCC(=O)C[C@H](C(=O)N4C[C@H](O)C[C@H]4C(=O)NCc4ccc(-c5scnc5C)cc4)C(C)(C)C)CC3)CC2)ccc1Cc1ncc(Cl)c(Cc2ccccc2P(C)(C)=O)n1. The number of Topliss-reactive ketones (excluding diaryl/α,β-unsaturated/α-hetero) is 1. The molecule has 3 aliphatic heterocycles. The first kappa shape index (κ1) is 60.6. The van der Waals surface area contributed by atoms with Crippen LogP contribution in [-0.4, -0.2) is 143 Å². The van der Waals surface area contributed by atoms with Gasteiger partial charge in [-0.2, -0.15) is 0 Å². The number of aliphatic hydroxyl groups excluding tert-OH is 1. The van der Waals surface area contributed by atoms with Crippen LogP contribution in [0.2, 0.25) is 5.02 Å². The van der Waals surface area contributed by atoms with Crippen LogP contribution in [0.5, 0.6) is 5.75 Å². The molecule has 0 aliphatic carbocycles. The summed E-state index contributed by atoms with van der Waals surface area (Å²) >= 11 is 8.18. The van der Waals surface area contributed by atoms with Crippen molar-refractivity contribution in [1.82, 2.24) is 35.0 Å². The number of thiazole rings is 1. The number of nitrogens with one attached hydrogen (secondary N) is 1. The standard InChI is InChI=1S/C62H82ClN8O7PS/c1-42-59(80-41-66-42)44-21-19-43(20-22-44)38-65-60(75)54-37-50(73)40-71(54)61(76)51(62(2,3)4)36-49(72)16-11-9-8-10-12-18-58(74)70-31-29-69(30-32-70)47-25-27-68(28-26-47)48-24-23-45(55(35-48)78-5)34-57-64-39-52(63)53(67-57)33-46-15-13-14-17-56(46)79(6,7)77/h13-15,17,19-24,35,39,41,47,50-51,54,73H,8-12,16,18,25-34,36-38,40H2,1-7H3,(H,65,75)/t50-,51-,54+/m1/s1. The molecule has 0 unspecified atom stereocenters. The third kappa shape index (κ3) is 15.9. The molecule has 2 N–H and O–H groups in total. The van der Waals surface area contributed by atoms with Crippen molar-refractivity contribution in [3.8, 4) is 16.2 Å². The molecule has 3 amide bonds. The number of aliphatic hydroxyl groups is 1. The Balaban J connectivity index is 0.705. The summed E-state index contributed by atoms with van der Waals surface area (Å²) in [6.07, 6.45) is 9.32. The Labute approximate surface area is 482 Å². The zero-order chi connectivity index (χ0) is 57.1. The minimum atomic E-state index is -2.49. The van der Waals surface area contributed by atoms with Crippen molar-refractivity contribution in [1.29, 1.82) is 0 Å². The van der Waals surface area contributed by atoms with E-state index < -0.39 is 30.6 Å². The number of aryl methyl sites for hydroxylation is 1. The van der Waals surface area contributed by atoms with Crippen LogP contribution in [0, 0.1) is 18.3 Å². The molecular weight excluding hydrogens is 1070 g/mol. The fraction of sp³-hybridized carbons (Fsp3) is 0.532. The van der Waals surface area contributed by atoms with Crippen molar-refractivity contribution in [2.45, 2.75) is 136 Å². The maximum atomic E-state index is 14.2. The molecule has 3 saturated heterocycles. The van der Waals surface area contributed by atoms with Gasteiger partial charge in [-0.25, -0.2) is 15.0 Å². The number of ether oxygens (including phenoxy) is 1. The number of β-amino-alcohol motifs (C(OH)–C–C–N with tert-alkyl or cyclic N) is 1. The Morgan fingerprint density at radius 3 is 2.25 bits per heavy atom. The van der Waals surface area contributed by atoms with Gasteiger partial charge in [-0.05, 0) is 74.1 Å². The topological polar surface area (TPSA) is 178 Å². The molecule has 0 saturated carbocycles. The number of amides is 3. The van der Waals surface area contributed by atoms with Crippen LogP contribution >= 0.6 is 30.1 Å². The summed E-state index contributed by atoms with van der Waals surface area (Å²) < 4.78 is 18.9. The van der Waals surface area contributed by atoms with Crippen LogP contribution in [0.4, 0.5) is 5.69 Å². The lowest BCUT2D eigenvalue weighted by Crippen LogP contribution is -2.54. The third-order valence-electron chi connectivity index (χ3n) is 16.3. The number of piperidine rings is 1. The number of rotatable bonds is 23. The highest BCUT2D eigenvalue weighted by molar-refractivity contribution is 7.70. The summed E-state index contributed by atoms with van der Waals surface area (Å²) in [7, 11) is -0.793. The van der Waals surface area contributed by atoms with Gasteiger partial charge in [-0.3, -0.25) is 24.1 Å². The number of halogens is 1. The van der Waals surface area contributed by atoms with E-state index >= 15 is 0 Å². The minimum Gasteiger partial charge on any atom is -0.496 e. The smallest absolute Gasteiger partial charge is 0.243 e. The lowest BCUT2D eigenvalue weighted by Gasteiger charge is -2.43. The first-order valence-electron chi connectivity index (χ1n) is 28.6. The van der Waals surface area contributed by atoms with E-state index in [1.165, 1.54) is 4.90 Å². The number of methoxy groups -OCH3 is 1. The van der Waals surface area contributed by atoms with Crippen molar-refractivity contribution in [3.05, 3.63) is 117 Å². The van der Waals surface area contributed by atoms with E-state index in [2.05, 4.69) is 43.3 Å². The van der Waals surface area contributed by atoms with Gasteiger partial charge < -0.3 is 34.4 Å². The second kappa shape index (κ2) is 27.5. The number of carbonyl (C=O) groups is 4. The molecule has 8 rings (SSSR count). The van der Waals surface area contributed by atoms with Crippen LogP contribution < -0.4 is 20.3 Å². The fourth-order valence-electron chi connectivity index (χ4n) is 11.6. The number of carbonyl (C=O) groups excluding carboxylic acids is 4. The van der Waals surface area contributed by atoms with Crippen molar-refractivity contribution in [3.63, 3.8) is 0 Å². The number of likely N-dealkylation sites (tertiary alicyclic amines) is 1. The predicted octanol–water partition coefficient (Wildman–Crippen LogP) is 9.74. The summed E-state index contributed by atoms with van der Waals surface area (Å²) in [6.45, 7) is 16.9. The van der Waals surface area contributed by atoms with Crippen molar-refractivity contribution in [2.24, 2.45) is 11.3 Å². The van der Waals surface area contributed by atoms with Crippen LogP contribution in [0.1, 0.15) is 125 Å². The molecule has 430 valence electrons. The number of aromatic nitrogens is 3. The fourth-order valence-corrected chi connectivity index (χ4v) is 13.9. The zero-order valence-corrected chi connectivity index (χ0v) is 50.4. The van der Waals surface area contributed by atoms with Crippen LogP contribution in [-0.2, 0) is 43.1 Å². The van der Waals surface area contributed by atoms with Crippen molar-refractivity contribution < 1.29 is 33.6 Å². The van der Waals surface area contributed by atoms with Gasteiger partial charge in [0, 0.05) is 132 Å². The van der Waals surface area contributed by atoms with Gasteiger partial charge >= 0.3 is 0 Å². The van der Waals surface area contributed by atoms with Gasteiger partial charge in [-0.15, -0.1) is 11.3 Å². The number of benzene rings is 3. The number of hydrogen-bond donors (Lipinski definition) is 2. The Morgan fingerprint density at radius 2 is 1.57 bits per heavy atom. The predicted molar refractivity (Wildman–Crippen MR) is 320 cm³/mol. The number of anilines is 1. The molecule has 3 aromatic carbocycles. The molecule has 0 radical (unpaired) electrons. The van der Waals surface area contributed by atoms with Gasteiger partial charge in [0.15, 0.2) is 0 Å². The third-order valence-corrected chi connectivity index (χ3v) is 19.2. The number of ketones is 1. The van der Waals surface area contributed by atoms with E-state index in [9.17, 15) is 28.8 Å². The monoisotopic (exact) mass is 1150 g/mol. The van der Waals surface area contributed by atoms with E-state index in [4.69, 9.17) is 21.3 Å². The molecule has 0 bridgehead atoms. The summed E-state index contributed by atoms with van der Waals surface area (Å²) in [4.78, 5) is 77.7. The van der Waals surface area contributed by atoms with E-state index in [1.807, 2.05) is 86.6 Å². The van der Waals surface area contributed by atoms with E-state index in [1.54, 1.807) is 38.0 Å². The van der Waals surface area contributed by atoms with Gasteiger partial charge in [0.25, 0.3) is 0 Å². The second-order valence-electron chi connectivity index (χ2n) is 23.6. The molecule has 0 spiro atoms. The van der Waals surface area contributed by atoms with Gasteiger partial charge in [0.05, 0.1) is 40.0 Å². The molecule has 2 aromatic heterocycles. The molecule has 15 nitrogen and oxygen atoms in total. The van der Waals surface area contributed by atoms with Crippen molar-refractivity contribution >= 4 is 64.6 Å². The molecule has 3 aliphatic rings. The lowest BCUT2D eigenvalue weighted by atomic mass is 9.76. The van der Waals surface area contributed by atoms with Crippen molar-refractivity contribution in [2.75, 3.05) is 71.2 Å². The molecule has 18 heteroatoms. The molecule has 5 heterocycles. The summed E-state index contributed by atoms with van der Waals surface area (Å²) in [5, 5.41) is 15.0. The van der Waals surface area contributed by atoms with Crippen LogP contribution in [0.15, 0.2) is 78.4 Å². The zero-order valence-electron chi connectivity index (χ0n) is 47.9. The normalized spacial score (nSPS) is 17.9. The molecule has 3 fully saturated rings. The summed E-state index contributed by atoms with van der Waals surface area (Å²) in [5.74, 6) is 0.481. The molecule has 3 atom stereocenters. The average molecular weight is 1150 g/mol. The maximum Gasteiger partial charge on any atom is 0.243 e. The maximum absolute atomic E-state index is 14.2. The quantitative estimate of drug-likeness (QED) is 0.0468. The molecule has 80 heavy (non-hydrogen) atoms. The van der Waals surface area contributed by atoms with Gasteiger partial charge in [-0.1, -0.05) is 106 Å². The highest BCUT2D eigenvalue weighted by atomic mass is 35.5. The van der Waals surface area contributed by atoms with E-state index in [0.29, 0.717) is 54.8 Å². The van der Waals surface area contributed by atoms with Gasteiger partial charge in [0.1, 0.15) is 30.5 Å². The first-order chi connectivity index (χ1) is 38.2. The number of piperazine rings is 1. The average Bonchev–Trinajstić information content (AvgIpc) is 4.07. The van der Waals surface area contributed by atoms with Gasteiger partial charge in [0.2, 0.25) is 17.7 Å². The number of unbranched alkanes of at least 4 members (excludes halogenated alkanes) is 4. The highest BCUT2D eigenvalue weighted by Crippen LogP contribution is 2.38. The lowest BCUT2D eigenvalue weighted by molar-refractivity contribution is -0.146. The Kier molecular flexibility index (Phi) is 20.8. The summed E-state index contributed by atoms with van der Waals surface area (Å²) in [5.41, 5.74) is 8.04. The minimum absolute atomic E-state index is 0.0298. The van der Waals surface area contributed by atoms with E-state index in [-0.39, 0.29) is 42.9 Å². The Bertz CT molecular complexity index is 2980. The molecular formula is C62H82ClN8O7PS. The Hall–Kier alpha value is -5.51.